The number of piperidine rings is 1. The Balaban J connectivity index is 1.54. The predicted octanol–water partition coefficient (Wildman–Crippen LogP) is 2.59. The van der Waals surface area contributed by atoms with Crippen LogP contribution in [0.1, 0.15) is 30.3 Å². The number of nitrogens with zero attached hydrogens (tertiary/aromatic N) is 2. The minimum absolute atomic E-state index is 0.0154. The van der Waals surface area contributed by atoms with Gasteiger partial charge in [0.05, 0.1) is 18.5 Å². The van der Waals surface area contributed by atoms with E-state index in [4.69, 9.17) is 4.42 Å². The molecule has 2 aromatic rings. The number of rotatable bonds is 4. The third-order valence-electron chi connectivity index (χ3n) is 4.36. The van der Waals surface area contributed by atoms with Gasteiger partial charge < -0.3 is 14.6 Å². The molecule has 0 bridgehead atoms. The number of carbonyl (C=O) groups excluding carboxylic acids is 2. The van der Waals surface area contributed by atoms with E-state index in [1.807, 2.05) is 19.1 Å². The fourth-order valence-electron chi connectivity index (χ4n) is 2.87. The highest BCUT2D eigenvalue weighted by molar-refractivity contribution is 7.15. The van der Waals surface area contributed by atoms with Crippen LogP contribution in [0.4, 0.5) is 0 Å². The van der Waals surface area contributed by atoms with Gasteiger partial charge in [0.2, 0.25) is 11.8 Å². The third kappa shape index (κ3) is 3.67. The highest BCUT2D eigenvalue weighted by Gasteiger charge is 2.26. The van der Waals surface area contributed by atoms with Crippen LogP contribution in [0.2, 0.25) is 0 Å². The lowest BCUT2D eigenvalue weighted by molar-refractivity contribution is -0.134. The van der Waals surface area contributed by atoms with Crippen molar-refractivity contribution in [2.75, 3.05) is 13.1 Å². The van der Waals surface area contributed by atoms with Gasteiger partial charge >= 0.3 is 0 Å². The van der Waals surface area contributed by atoms with Gasteiger partial charge in [0, 0.05) is 30.8 Å². The molecular formula is C17H21N3O3S. The van der Waals surface area contributed by atoms with E-state index >= 15 is 0 Å². The van der Waals surface area contributed by atoms with Crippen molar-refractivity contribution in [2.24, 2.45) is 5.92 Å². The molecule has 1 N–H and O–H groups in total. The molecule has 24 heavy (non-hydrogen) atoms. The zero-order chi connectivity index (χ0) is 17.1. The van der Waals surface area contributed by atoms with E-state index < -0.39 is 0 Å². The molecule has 2 aromatic heterocycles. The Labute approximate surface area is 144 Å². The summed E-state index contributed by atoms with van der Waals surface area (Å²) in [6, 6.07) is 3.71. The van der Waals surface area contributed by atoms with Crippen molar-refractivity contribution in [3.63, 3.8) is 0 Å². The lowest BCUT2D eigenvalue weighted by Crippen LogP contribution is -2.42. The second kappa shape index (κ2) is 7.17. The number of thiazole rings is 1. The van der Waals surface area contributed by atoms with Gasteiger partial charge in [-0.1, -0.05) is 0 Å². The fourth-order valence-corrected chi connectivity index (χ4v) is 3.84. The quantitative estimate of drug-likeness (QED) is 0.922. The molecule has 1 aliphatic heterocycles. The van der Waals surface area contributed by atoms with Gasteiger partial charge in [-0.05, 0) is 31.9 Å². The first-order chi connectivity index (χ1) is 11.5. The topological polar surface area (TPSA) is 75.4 Å². The highest BCUT2D eigenvalue weighted by Crippen LogP contribution is 2.28. The Hall–Kier alpha value is -2.15. The second-order valence-electron chi connectivity index (χ2n) is 6.00. The van der Waals surface area contributed by atoms with E-state index in [1.165, 1.54) is 11.3 Å². The molecule has 128 valence electrons. The molecule has 0 aromatic carbocycles. The van der Waals surface area contributed by atoms with Crippen molar-refractivity contribution in [3.8, 4) is 10.8 Å². The third-order valence-corrected chi connectivity index (χ3v) is 5.53. The summed E-state index contributed by atoms with van der Waals surface area (Å²) in [7, 11) is 0. The first-order valence-corrected chi connectivity index (χ1v) is 8.89. The summed E-state index contributed by atoms with van der Waals surface area (Å²) in [4.78, 5) is 31.0. The minimum atomic E-state index is -0.0154. The van der Waals surface area contributed by atoms with Crippen molar-refractivity contribution in [1.29, 1.82) is 0 Å². The van der Waals surface area contributed by atoms with Crippen molar-refractivity contribution >= 4 is 23.2 Å². The summed E-state index contributed by atoms with van der Waals surface area (Å²) >= 11 is 1.54. The summed E-state index contributed by atoms with van der Waals surface area (Å²) in [6.45, 7) is 5.32. The highest BCUT2D eigenvalue weighted by atomic mass is 32.1. The number of carbonyl (C=O) groups is 2. The lowest BCUT2D eigenvalue weighted by Gasteiger charge is -2.30. The lowest BCUT2D eigenvalue weighted by atomic mass is 9.96. The summed E-state index contributed by atoms with van der Waals surface area (Å²) in [5.41, 5.74) is 0.915. The number of furan rings is 1. The average molecular weight is 347 g/mol. The first kappa shape index (κ1) is 16.7. The van der Waals surface area contributed by atoms with Crippen LogP contribution in [-0.4, -0.2) is 34.8 Å². The van der Waals surface area contributed by atoms with Crippen molar-refractivity contribution in [1.82, 2.24) is 15.2 Å². The average Bonchev–Trinajstić information content (AvgIpc) is 3.22. The summed E-state index contributed by atoms with van der Waals surface area (Å²) in [5, 5.41) is 3.84. The number of hydrogen-bond acceptors (Lipinski definition) is 5. The normalized spacial score (nSPS) is 15.5. The molecule has 7 heteroatoms. The minimum Gasteiger partial charge on any atom is -0.462 e. The van der Waals surface area contributed by atoms with Crippen LogP contribution in [0.25, 0.3) is 10.8 Å². The summed E-state index contributed by atoms with van der Waals surface area (Å²) in [6.07, 6.45) is 3.08. The van der Waals surface area contributed by atoms with Crippen molar-refractivity contribution < 1.29 is 14.0 Å². The number of aromatic nitrogens is 1. The number of amides is 2. The molecule has 6 nitrogen and oxygen atoms in total. The maximum atomic E-state index is 12.3. The van der Waals surface area contributed by atoms with E-state index in [0.717, 1.165) is 34.2 Å². The molecule has 3 rings (SSSR count). The van der Waals surface area contributed by atoms with Crippen LogP contribution in [0.5, 0.6) is 0 Å². The number of hydrogen-bond donors (Lipinski definition) is 1. The van der Waals surface area contributed by atoms with Gasteiger partial charge in [-0.2, -0.15) is 0 Å². The SMILES string of the molecule is CC(=O)N1CCC(C(=O)NCc2sc(-c3ccco3)nc2C)CC1. The molecule has 1 fully saturated rings. The van der Waals surface area contributed by atoms with Crippen LogP contribution in [0, 0.1) is 12.8 Å². The van der Waals surface area contributed by atoms with Gasteiger partial charge in [-0.3, -0.25) is 9.59 Å². The van der Waals surface area contributed by atoms with Gasteiger partial charge in [0.15, 0.2) is 10.8 Å². The Morgan fingerprint density at radius 2 is 2.17 bits per heavy atom. The number of nitrogens with one attached hydrogen (secondary N) is 1. The number of likely N-dealkylation sites (tertiary alicyclic amines) is 1. The van der Waals surface area contributed by atoms with E-state index in [0.29, 0.717) is 19.6 Å². The molecular weight excluding hydrogens is 326 g/mol. The Morgan fingerprint density at radius 3 is 2.79 bits per heavy atom. The van der Waals surface area contributed by atoms with Crippen LogP contribution in [0.15, 0.2) is 22.8 Å². The maximum Gasteiger partial charge on any atom is 0.223 e. The van der Waals surface area contributed by atoms with Crippen LogP contribution in [-0.2, 0) is 16.1 Å². The molecule has 1 aliphatic rings. The Bertz CT molecular complexity index is 716. The molecule has 0 radical (unpaired) electrons. The monoisotopic (exact) mass is 347 g/mol. The molecule has 2 amide bonds. The fraction of sp³-hybridized carbons (Fsp3) is 0.471. The molecule has 1 saturated heterocycles. The zero-order valence-electron chi connectivity index (χ0n) is 13.9. The van der Waals surface area contributed by atoms with Crippen LogP contribution >= 0.6 is 11.3 Å². The molecule has 0 atom stereocenters. The predicted molar refractivity (Wildman–Crippen MR) is 91.4 cm³/mol. The zero-order valence-corrected chi connectivity index (χ0v) is 14.7. The number of aryl methyl sites for hydroxylation is 1. The van der Waals surface area contributed by atoms with Gasteiger partial charge in [-0.15, -0.1) is 11.3 Å². The van der Waals surface area contributed by atoms with E-state index in [9.17, 15) is 9.59 Å². The standard InChI is InChI=1S/C17H21N3O3S/c1-11-15(24-17(19-11)14-4-3-9-23-14)10-18-16(22)13-5-7-20(8-6-13)12(2)21/h3-4,9,13H,5-8,10H2,1-2H3,(H,18,22). The van der Waals surface area contributed by atoms with E-state index in [1.54, 1.807) is 18.1 Å². The van der Waals surface area contributed by atoms with Crippen molar-refractivity contribution in [2.45, 2.75) is 33.2 Å². The molecule has 0 aliphatic carbocycles. The van der Waals surface area contributed by atoms with Crippen LogP contribution in [0.3, 0.4) is 0 Å². The maximum absolute atomic E-state index is 12.3. The Kier molecular flexibility index (Phi) is 4.99. The molecule has 0 saturated carbocycles. The van der Waals surface area contributed by atoms with E-state index in [2.05, 4.69) is 10.3 Å². The first-order valence-electron chi connectivity index (χ1n) is 8.08. The summed E-state index contributed by atoms with van der Waals surface area (Å²) in [5.74, 6) is 0.876. The van der Waals surface area contributed by atoms with Gasteiger partial charge in [-0.25, -0.2) is 4.98 Å². The largest absolute Gasteiger partial charge is 0.462 e. The van der Waals surface area contributed by atoms with E-state index in [-0.39, 0.29) is 17.7 Å². The van der Waals surface area contributed by atoms with Crippen molar-refractivity contribution in [3.05, 3.63) is 29.0 Å². The molecule has 0 unspecified atom stereocenters. The van der Waals surface area contributed by atoms with Gasteiger partial charge in [0.25, 0.3) is 0 Å². The summed E-state index contributed by atoms with van der Waals surface area (Å²) < 4.78 is 5.37. The second-order valence-corrected chi connectivity index (χ2v) is 7.09. The molecule has 3 heterocycles. The smallest absolute Gasteiger partial charge is 0.223 e. The van der Waals surface area contributed by atoms with Gasteiger partial charge in [0.1, 0.15) is 0 Å². The van der Waals surface area contributed by atoms with Crippen LogP contribution < -0.4 is 5.32 Å². The molecule has 0 spiro atoms. The Morgan fingerprint density at radius 1 is 1.42 bits per heavy atom.